The van der Waals surface area contributed by atoms with Crippen molar-refractivity contribution in [3.8, 4) is 0 Å². The molecule has 2 rings (SSSR count). The quantitative estimate of drug-likeness (QED) is 0.826. The monoisotopic (exact) mass is 242 g/mol. The van der Waals surface area contributed by atoms with E-state index in [1.54, 1.807) is 0 Å². The lowest BCUT2D eigenvalue weighted by atomic mass is 9.92. The van der Waals surface area contributed by atoms with E-state index in [4.69, 9.17) is 0 Å². The fourth-order valence-electron chi connectivity index (χ4n) is 2.00. The Morgan fingerprint density at radius 1 is 1.11 bits per heavy atom. The number of aromatic nitrogens is 1. The summed E-state index contributed by atoms with van der Waals surface area (Å²) in [6, 6.07) is 10.4. The van der Waals surface area contributed by atoms with Gasteiger partial charge in [0.1, 0.15) is 0 Å². The van der Waals surface area contributed by atoms with Gasteiger partial charge in [0, 0.05) is 18.1 Å². The molecule has 0 fully saturated rings. The first-order valence-corrected chi connectivity index (χ1v) is 6.60. The Bertz CT molecular complexity index is 506. The summed E-state index contributed by atoms with van der Waals surface area (Å²) < 4.78 is 0. The van der Waals surface area contributed by atoms with Gasteiger partial charge in [-0.3, -0.25) is 4.98 Å². The Labute approximate surface area is 109 Å². The Balaban J connectivity index is 2.00. The van der Waals surface area contributed by atoms with Crippen LogP contribution in [0.15, 0.2) is 36.5 Å². The van der Waals surface area contributed by atoms with E-state index in [9.17, 15) is 0 Å². The van der Waals surface area contributed by atoms with Gasteiger partial charge in [0.25, 0.3) is 0 Å². The van der Waals surface area contributed by atoms with E-state index in [-0.39, 0.29) is 0 Å². The van der Waals surface area contributed by atoms with Crippen molar-refractivity contribution in [3.63, 3.8) is 0 Å². The highest BCUT2D eigenvalue weighted by atomic mass is 14.8. The van der Waals surface area contributed by atoms with Crippen molar-refractivity contribution in [3.05, 3.63) is 42.1 Å². The van der Waals surface area contributed by atoms with E-state index in [0.29, 0.717) is 5.41 Å². The topological polar surface area (TPSA) is 24.9 Å². The van der Waals surface area contributed by atoms with E-state index in [2.05, 4.69) is 55.3 Å². The van der Waals surface area contributed by atoms with Gasteiger partial charge >= 0.3 is 0 Å². The number of para-hydroxylation sites is 1. The van der Waals surface area contributed by atoms with Gasteiger partial charge in [0.2, 0.25) is 0 Å². The number of pyridine rings is 1. The molecule has 0 amide bonds. The van der Waals surface area contributed by atoms with Crippen molar-refractivity contribution in [1.82, 2.24) is 10.3 Å². The number of fused-ring (bicyclic) bond motifs is 1. The maximum absolute atomic E-state index is 4.38. The molecule has 0 aliphatic rings. The summed E-state index contributed by atoms with van der Waals surface area (Å²) in [6.07, 6.45) is 3.08. The van der Waals surface area contributed by atoms with Gasteiger partial charge in [0.15, 0.2) is 0 Å². The second kappa shape index (κ2) is 5.49. The van der Waals surface area contributed by atoms with E-state index >= 15 is 0 Å². The molecule has 0 saturated heterocycles. The van der Waals surface area contributed by atoms with Crippen LogP contribution in [0.4, 0.5) is 0 Å². The standard InChI is InChI=1S/C16H22N2/c1-16(2,3)9-11-17-12-13-8-10-18-15-7-5-4-6-14(13)15/h4-8,10,17H,9,11-12H2,1-3H3. The van der Waals surface area contributed by atoms with Gasteiger partial charge in [-0.25, -0.2) is 0 Å². The summed E-state index contributed by atoms with van der Waals surface area (Å²) in [5, 5.41) is 4.78. The molecule has 0 saturated carbocycles. The molecule has 0 aliphatic heterocycles. The minimum absolute atomic E-state index is 0.396. The average molecular weight is 242 g/mol. The third kappa shape index (κ3) is 3.54. The van der Waals surface area contributed by atoms with Crippen LogP contribution < -0.4 is 5.32 Å². The van der Waals surface area contributed by atoms with Crippen LogP contribution in [0.1, 0.15) is 32.8 Å². The molecule has 0 spiro atoms. The highest BCUT2D eigenvalue weighted by Gasteiger charge is 2.09. The second-order valence-corrected chi connectivity index (χ2v) is 5.97. The lowest BCUT2D eigenvalue weighted by Gasteiger charge is -2.18. The van der Waals surface area contributed by atoms with Crippen molar-refractivity contribution in [2.75, 3.05) is 6.54 Å². The molecule has 96 valence electrons. The van der Waals surface area contributed by atoms with Gasteiger partial charge in [-0.05, 0) is 36.1 Å². The van der Waals surface area contributed by atoms with Crippen molar-refractivity contribution >= 4 is 10.9 Å². The van der Waals surface area contributed by atoms with Crippen LogP contribution >= 0.6 is 0 Å². The molecule has 1 heterocycles. The SMILES string of the molecule is CC(C)(C)CCNCc1ccnc2ccccc12. The summed E-state index contributed by atoms with van der Waals surface area (Å²) in [4.78, 5) is 4.38. The largest absolute Gasteiger partial charge is 0.313 e. The van der Waals surface area contributed by atoms with E-state index < -0.39 is 0 Å². The smallest absolute Gasteiger partial charge is 0.0705 e. The predicted octanol–water partition coefficient (Wildman–Crippen LogP) is 3.76. The first-order chi connectivity index (χ1) is 8.56. The summed E-state index contributed by atoms with van der Waals surface area (Å²) in [5.74, 6) is 0. The zero-order valence-electron chi connectivity index (χ0n) is 11.5. The lowest BCUT2D eigenvalue weighted by molar-refractivity contribution is 0.367. The van der Waals surface area contributed by atoms with Gasteiger partial charge < -0.3 is 5.32 Å². The van der Waals surface area contributed by atoms with Crippen LogP contribution in [0.2, 0.25) is 0 Å². The van der Waals surface area contributed by atoms with Crippen LogP contribution in [0.5, 0.6) is 0 Å². The normalized spacial score (nSPS) is 11.9. The van der Waals surface area contributed by atoms with E-state index in [1.807, 2.05) is 12.3 Å². The minimum Gasteiger partial charge on any atom is -0.313 e. The molecule has 0 bridgehead atoms. The van der Waals surface area contributed by atoms with Crippen LogP contribution in [-0.2, 0) is 6.54 Å². The first-order valence-electron chi connectivity index (χ1n) is 6.60. The number of hydrogen-bond donors (Lipinski definition) is 1. The van der Waals surface area contributed by atoms with Gasteiger partial charge in [0.05, 0.1) is 5.52 Å². The molecule has 1 aromatic heterocycles. The Morgan fingerprint density at radius 3 is 2.67 bits per heavy atom. The third-order valence-corrected chi connectivity index (χ3v) is 3.11. The Morgan fingerprint density at radius 2 is 1.89 bits per heavy atom. The summed E-state index contributed by atoms with van der Waals surface area (Å²) in [6.45, 7) is 8.79. The minimum atomic E-state index is 0.396. The third-order valence-electron chi connectivity index (χ3n) is 3.11. The molecule has 1 aromatic carbocycles. The average Bonchev–Trinajstić information content (AvgIpc) is 2.33. The van der Waals surface area contributed by atoms with Crippen molar-refractivity contribution in [2.45, 2.75) is 33.7 Å². The molecule has 2 heteroatoms. The number of rotatable bonds is 4. The summed E-state index contributed by atoms with van der Waals surface area (Å²) >= 11 is 0. The second-order valence-electron chi connectivity index (χ2n) is 5.97. The number of nitrogens with zero attached hydrogens (tertiary/aromatic N) is 1. The molecule has 0 atom stereocenters. The van der Waals surface area contributed by atoms with E-state index in [0.717, 1.165) is 18.6 Å². The van der Waals surface area contributed by atoms with Gasteiger partial charge in [-0.2, -0.15) is 0 Å². The van der Waals surface area contributed by atoms with Gasteiger partial charge in [-0.1, -0.05) is 39.0 Å². The molecule has 1 N–H and O–H groups in total. The van der Waals surface area contributed by atoms with Crippen molar-refractivity contribution in [2.24, 2.45) is 5.41 Å². The first kappa shape index (κ1) is 13.0. The molecule has 0 aliphatic carbocycles. The molecule has 2 aromatic rings. The lowest BCUT2D eigenvalue weighted by Crippen LogP contribution is -2.20. The van der Waals surface area contributed by atoms with Crippen LogP contribution in [0, 0.1) is 5.41 Å². The summed E-state index contributed by atoms with van der Waals surface area (Å²) in [5.41, 5.74) is 2.80. The Hall–Kier alpha value is -1.41. The number of benzene rings is 1. The van der Waals surface area contributed by atoms with Crippen molar-refractivity contribution < 1.29 is 0 Å². The highest BCUT2D eigenvalue weighted by molar-refractivity contribution is 5.81. The maximum Gasteiger partial charge on any atom is 0.0705 e. The molecule has 2 nitrogen and oxygen atoms in total. The zero-order chi connectivity index (χ0) is 13.0. The molecule has 0 unspecified atom stereocenters. The van der Waals surface area contributed by atoms with Crippen LogP contribution in [0.25, 0.3) is 10.9 Å². The van der Waals surface area contributed by atoms with Gasteiger partial charge in [-0.15, -0.1) is 0 Å². The fourth-order valence-corrected chi connectivity index (χ4v) is 2.00. The highest BCUT2D eigenvalue weighted by Crippen LogP contribution is 2.18. The summed E-state index contributed by atoms with van der Waals surface area (Å²) in [7, 11) is 0. The fraction of sp³-hybridized carbons (Fsp3) is 0.438. The predicted molar refractivity (Wildman–Crippen MR) is 77.5 cm³/mol. The van der Waals surface area contributed by atoms with E-state index in [1.165, 1.54) is 17.4 Å². The Kier molecular flexibility index (Phi) is 3.97. The van der Waals surface area contributed by atoms with Crippen LogP contribution in [-0.4, -0.2) is 11.5 Å². The van der Waals surface area contributed by atoms with Crippen LogP contribution in [0.3, 0.4) is 0 Å². The number of hydrogen-bond acceptors (Lipinski definition) is 2. The zero-order valence-corrected chi connectivity index (χ0v) is 11.5. The van der Waals surface area contributed by atoms with Crippen molar-refractivity contribution in [1.29, 1.82) is 0 Å². The number of nitrogens with one attached hydrogen (secondary N) is 1. The molecule has 0 radical (unpaired) electrons. The molecular weight excluding hydrogens is 220 g/mol. The maximum atomic E-state index is 4.38. The molecule has 18 heavy (non-hydrogen) atoms. The molecular formula is C16H22N2.